The van der Waals surface area contributed by atoms with Crippen LogP contribution in [0.3, 0.4) is 0 Å². The molecule has 0 saturated heterocycles. The molecule has 0 atom stereocenters. The molecular formula is C18H26NNaO2. The number of hydrogen-bond acceptors (Lipinski definition) is 2. The van der Waals surface area contributed by atoms with E-state index < -0.39 is 0 Å². The van der Waals surface area contributed by atoms with E-state index in [1.807, 2.05) is 12.1 Å². The number of imide groups is 1. The number of benzene rings is 1. The van der Waals surface area contributed by atoms with E-state index in [0.29, 0.717) is 17.7 Å². The van der Waals surface area contributed by atoms with Crippen LogP contribution < -0.4 is 0 Å². The van der Waals surface area contributed by atoms with Crippen molar-refractivity contribution in [1.29, 1.82) is 0 Å². The summed E-state index contributed by atoms with van der Waals surface area (Å²) in [5, 5.41) is 0. The number of rotatable bonds is 9. The van der Waals surface area contributed by atoms with Crippen molar-refractivity contribution in [2.75, 3.05) is 6.54 Å². The molecule has 22 heavy (non-hydrogen) atoms. The Bertz CT molecular complexity index is 467. The molecule has 0 spiro atoms. The van der Waals surface area contributed by atoms with Gasteiger partial charge < -0.3 is 0 Å². The molecule has 116 valence electrons. The molecule has 3 nitrogen and oxygen atoms in total. The number of unbranched alkanes of at least 4 members (excludes halogenated alkanes) is 7. The maximum absolute atomic E-state index is 12.2. The quantitative estimate of drug-likeness (QED) is 0.395. The molecule has 0 aliphatic carbocycles. The number of nitrogens with zero attached hydrogens (tertiary/aromatic N) is 1. The van der Waals surface area contributed by atoms with Crippen LogP contribution in [0.1, 0.15) is 79.0 Å². The third kappa shape index (κ3) is 4.94. The fourth-order valence-corrected chi connectivity index (χ4v) is 2.85. The Morgan fingerprint density at radius 1 is 0.773 bits per heavy atom. The van der Waals surface area contributed by atoms with Gasteiger partial charge in [-0.15, -0.1) is 0 Å². The predicted octanol–water partition coefficient (Wildman–Crippen LogP) is 3.77. The first-order valence-electron chi connectivity index (χ1n) is 8.21. The topological polar surface area (TPSA) is 37.4 Å². The second-order valence-electron chi connectivity index (χ2n) is 5.78. The maximum atomic E-state index is 12.2. The third-order valence-electron chi connectivity index (χ3n) is 4.11. The molecule has 1 aromatic rings. The van der Waals surface area contributed by atoms with Gasteiger partial charge in [0.15, 0.2) is 0 Å². The Balaban J connectivity index is 0.00000242. The summed E-state index contributed by atoms with van der Waals surface area (Å²) < 4.78 is 0. The summed E-state index contributed by atoms with van der Waals surface area (Å²) in [5.41, 5.74) is 1.11. The van der Waals surface area contributed by atoms with Crippen LogP contribution in [0.25, 0.3) is 0 Å². The molecule has 0 unspecified atom stereocenters. The van der Waals surface area contributed by atoms with Crippen LogP contribution in [-0.2, 0) is 0 Å². The summed E-state index contributed by atoms with van der Waals surface area (Å²) in [7, 11) is 0. The summed E-state index contributed by atoms with van der Waals surface area (Å²) >= 11 is 0. The molecule has 2 amide bonds. The monoisotopic (exact) mass is 311 g/mol. The van der Waals surface area contributed by atoms with Crippen LogP contribution in [0.4, 0.5) is 0 Å². The van der Waals surface area contributed by atoms with Gasteiger partial charge in [-0.05, 0) is 18.6 Å². The van der Waals surface area contributed by atoms with Gasteiger partial charge in [0.2, 0.25) is 0 Å². The standard InChI is InChI=1S/C18H25NO2.Na.H/c1-2-3-4-5-6-7-8-11-14-19-17(20)15-12-9-10-13-16(15)18(19)21;;/h9-10,12-13H,2-8,11,14H2,1H3;;. The van der Waals surface area contributed by atoms with Crippen LogP contribution in [0, 0.1) is 0 Å². The van der Waals surface area contributed by atoms with E-state index in [1.165, 1.54) is 43.4 Å². The number of carbonyl (C=O) groups is 2. The first-order valence-corrected chi connectivity index (χ1v) is 8.21. The van der Waals surface area contributed by atoms with Crippen molar-refractivity contribution in [2.24, 2.45) is 0 Å². The Kier molecular flexibility index (Phi) is 8.99. The van der Waals surface area contributed by atoms with Gasteiger partial charge in [0.05, 0.1) is 11.1 Å². The van der Waals surface area contributed by atoms with E-state index >= 15 is 0 Å². The average molecular weight is 311 g/mol. The van der Waals surface area contributed by atoms with Gasteiger partial charge in [0.25, 0.3) is 11.8 Å². The Morgan fingerprint density at radius 2 is 1.23 bits per heavy atom. The van der Waals surface area contributed by atoms with Crippen LogP contribution in [0.5, 0.6) is 0 Å². The van der Waals surface area contributed by atoms with Gasteiger partial charge in [-0.1, -0.05) is 64.0 Å². The Labute approximate surface area is 155 Å². The summed E-state index contributed by atoms with van der Waals surface area (Å²) in [6.45, 7) is 2.78. The molecule has 0 aromatic heterocycles. The summed E-state index contributed by atoms with van der Waals surface area (Å²) in [5.74, 6) is -0.253. The Hall–Kier alpha value is -0.640. The van der Waals surface area contributed by atoms with Gasteiger partial charge in [0.1, 0.15) is 0 Å². The molecule has 1 aliphatic heterocycles. The van der Waals surface area contributed by atoms with Crippen molar-refractivity contribution in [2.45, 2.75) is 58.3 Å². The van der Waals surface area contributed by atoms with Crippen molar-refractivity contribution in [3.8, 4) is 0 Å². The van der Waals surface area contributed by atoms with Crippen molar-refractivity contribution in [1.82, 2.24) is 4.90 Å². The van der Waals surface area contributed by atoms with E-state index in [9.17, 15) is 9.59 Å². The van der Waals surface area contributed by atoms with E-state index in [1.54, 1.807) is 12.1 Å². The predicted molar refractivity (Wildman–Crippen MR) is 91.6 cm³/mol. The molecule has 1 aliphatic rings. The van der Waals surface area contributed by atoms with Crippen LogP contribution in [0.2, 0.25) is 0 Å². The van der Waals surface area contributed by atoms with Gasteiger partial charge in [-0.3, -0.25) is 14.5 Å². The van der Waals surface area contributed by atoms with Crippen LogP contribution in [0.15, 0.2) is 24.3 Å². The van der Waals surface area contributed by atoms with Gasteiger partial charge >= 0.3 is 29.6 Å². The number of carbonyl (C=O) groups excluding carboxylic acids is 2. The second kappa shape index (κ2) is 10.2. The SMILES string of the molecule is CCCCCCCCCCN1C(=O)c2ccccc2C1=O.[NaH]. The van der Waals surface area contributed by atoms with Crippen molar-refractivity contribution in [3.05, 3.63) is 35.4 Å². The third-order valence-corrected chi connectivity index (χ3v) is 4.11. The van der Waals surface area contributed by atoms with Crippen molar-refractivity contribution in [3.63, 3.8) is 0 Å². The molecule has 0 fully saturated rings. The average Bonchev–Trinajstić information content (AvgIpc) is 2.75. The van der Waals surface area contributed by atoms with Crippen molar-refractivity contribution >= 4 is 41.4 Å². The van der Waals surface area contributed by atoms with Gasteiger partial charge in [-0.2, -0.15) is 0 Å². The number of hydrogen-bond donors (Lipinski definition) is 0. The summed E-state index contributed by atoms with van der Waals surface area (Å²) in [6.07, 6.45) is 9.72. The minimum absolute atomic E-state index is 0. The van der Waals surface area contributed by atoms with E-state index in [4.69, 9.17) is 0 Å². The molecule has 2 rings (SSSR count). The molecule has 0 N–H and O–H groups in total. The summed E-state index contributed by atoms with van der Waals surface area (Å²) in [4.78, 5) is 25.7. The van der Waals surface area contributed by atoms with E-state index in [-0.39, 0.29) is 41.4 Å². The van der Waals surface area contributed by atoms with E-state index in [0.717, 1.165) is 12.8 Å². The molecule has 0 radical (unpaired) electrons. The molecule has 4 heteroatoms. The Morgan fingerprint density at radius 3 is 1.73 bits per heavy atom. The first kappa shape index (κ1) is 19.4. The molecular weight excluding hydrogens is 285 g/mol. The minimum atomic E-state index is -0.126. The zero-order chi connectivity index (χ0) is 15.1. The van der Waals surface area contributed by atoms with Gasteiger partial charge in [-0.25, -0.2) is 0 Å². The van der Waals surface area contributed by atoms with Crippen LogP contribution in [-0.4, -0.2) is 52.8 Å². The summed E-state index contributed by atoms with van der Waals surface area (Å²) in [6, 6.07) is 7.10. The molecule has 0 bridgehead atoms. The molecule has 1 heterocycles. The fraction of sp³-hybridized carbons (Fsp3) is 0.556. The zero-order valence-corrected chi connectivity index (χ0v) is 12.9. The fourth-order valence-electron chi connectivity index (χ4n) is 2.85. The first-order chi connectivity index (χ1) is 10.3. The van der Waals surface area contributed by atoms with Crippen molar-refractivity contribution < 1.29 is 9.59 Å². The van der Waals surface area contributed by atoms with E-state index in [2.05, 4.69) is 6.92 Å². The van der Waals surface area contributed by atoms with Crippen LogP contribution >= 0.6 is 0 Å². The zero-order valence-electron chi connectivity index (χ0n) is 12.9. The molecule has 0 saturated carbocycles. The van der Waals surface area contributed by atoms with Gasteiger partial charge in [0, 0.05) is 6.54 Å². The second-order valence-corrected chi connectivity index (χ2v) is 5.78. The number of fused-ring (bicyclic) bond motifs is 1. The normalized spacial score (nSPS) is 13.2. The number of amides is 2. The molecule has 1 aromatic carbocycles.